The summed E-state index contributed by atoms with van der Waals surface area (Å²) in [6.45, 7) is 0. The van der Waals surface area contributed by atoms with Crippen LogP contribution in [-0.4, -0.2) is 0 Å². The van der Waals surface area contributed by atoms with Crippen LogP contribution in [0, 0.1) is 35.4 Å². The molecule has 0 heterocycles. The van der Waals surface area contributed by atoms with E-state index in [1.165, 1.54) is 19.3 Å². The SMILES string of the molecule is NC(c1cccc(Br)c1F)C1C2C3CCC(C3)C21. The van der Waals surface area contributed by atoms with Gasteiger partial charge in [0.05, 0.1) is 4.47 Å². The summed E-state index contributed by atoms with van der Waals surface area (Å²) in [4.78, 5) is 0. The van der Waals surface area contributed by atoms with E-state index in [2.05, 4.69) is 15.9 Å². The highest BCUT2D eigenvalue weighted by Crippen LogP contribution is 2.71. The van der Waals surface area contributed by atoms with Gasteiger partial charge in [0, 0.05) is 11.6 Å². The van der Waals surface area contributed by atoms with Crippen LogP contribution < -0.4 is 5.73 Å². The third-order valence-corrected chi connectivity index (χ3v) is 6.16. The van der Waals surface area contributed by atoms with Crippen molar-refractivity contribution in [2.45, 2.75) is 25.3 Å². The fraction of sp³-hybridized carbons (Fsp3) is 0.600. The molecule has 0 saturated heterocycles. The van der Waals surface area contributed by atoms with Gasteiger partial charge in [-0.05, 0) is 70.8 Å². The van der Waals surface area contributed by atoms with Gasteiger partial charge in [0.1, 0.15) is 5.82 Å². The molecular weight excluding hydrogens is 293 g/mol. The van der Waals surface area contributed by atoms with Gasteiger partial charge in [0.2, 0.25) is 0 Å². The number of rotatable bonds is 2. The molecule has 5 atom stereocenters. The molecule has 0 aliphatic heterocycles. The maximum atomic E-state index is 14.1. The number of hydrogen-bond donors (Lipinski definition) is 1. The first-order valence-electron chi connectivity index (χ1n) is 6.88. The Morgan fingerprint density at radius 1 is 1.22 bits per heavy atom. The minimum atomic E-state index is -0.165. The van der Waals surface area contributed by atoms with Crippen molar-refractivity contribution in [3.8, 4) is 0 Å². The number of fused-ring (bicyclic) bond motifs is 5. The molecule has 1 aromatic carbocycles. The largest absolute Gasteiger partial charge is 0.324 e. The van der Waals surface area contributed by atoms with Crippen molar-refractivity contribution in [3.05, 3.63) is 34.1 Å². The molecule has 0 radical (unpaired) electrons. The lowest BCUT2D eigenvalue weighted by molar-refractivity contribution is 0.409. The summed E-state index contributed by atoms with van der Waals surface area (Å²) in [5.41, 5.74) is 7.05. The lowest BCUT2D eigenvalue weighted by atomic mass is 9.93. The number of nitrogens with two attached hydrogens (primary N) is 1. The van der Waals surface area contributed by atoms with E-state index in [9.17, 15) is 4.39 Å². The molecule has 3 fully saturated rings. The van der Waals surface area contributed by atoms with Crippen molar-refractivity contribution in [2.75, 3.05) is 0 Å². The average Bonchev–Trinajstić information content (AvgIpc) is 2.80. The van der Waals surface area contributed by atoms with Crippen LogP contribution in [0.4, 0.5) is 4.39 Å². The van der Waals surface area contributed by atoms with Crippen LogP contribution in [0.3, 0.4) is 0 Å². The van der Waals surface area contributed by atoms with Crippen LogP contribution >= 0.6 is 15.9 Å². The Bertz CT molecular complexity index is 487. The molecule has 3 heteroatoms. The van der Waals surface area contributed by atoms with E-state index in [1.807, 2.05) is 12.1 Å². The predicted octanol–water partition coefficient (Wildman–Crippen LogP) is 3.88. The highest BCUT2D eigenvalue weighted by molar-refractivity contribution is 9.10. The lowest BCUT2D eigenvalue weighted by Gasteiger charge is -2.17. The summed E-state index contributed by atoms with van der Waals surface area (Å²) in [6.07, 6.45) is 4.19. The molecule has 5 unspecified atom stereocenters. The van der Waals surface area contributed by atoms with Gasteiger partial charge >= 0.3 is 0 Å². The van der Waals surface area contributed by atoms with E-state index < -0.39 is 0 Å². The van der Waals surface area contributed by atoms with Crippen LogP contribution in [0.25, 0.3) is 0 Å². The van der Waals surface area contributed by atoms with Crippen molar-refractivity contribution >= 4 is 15.9 Å². The standard InChI is InChI=1S/C15H17BrFN/c16-10-3-1-2-9(14(10)17)15(18)13-11-7-4-5-8(6-7)12(11)13/h1-3,7-8,11-13,15H,4-6,18H2. The minimum Gasteiger partial charge on any atom is -0.324 e. The third kappa shape index (κ3) is 1.41. The second-order valence-electron chi connectivity index (χ2n) is 6.23. The molecule has 2 N–H and O–H groups in total. The Morgan fingerprint density at radius 3 is 2.56 bits per heavy atom. The maximum absolute atomic E-state index is 14.1. The first-order valence-corrected chi connectivity index (χ1v) is 7.67. The zero-order valence-corrected chi connectivity index (χ0v) is 11.7. The molecule has 3 saturated carbocycles. The monoisotopic (exact) mass is 309 g/mol. The highest BCUT2D eigenvalue weighted by Gasteiger charge is 2.66. The van der Waals surface area contributed by atoms with Gasteiger partial charge in [-0.15, -0.1) is 0 Å². The molecular formula is C15H17BrFN. The lowest BCUT2D eigenvalue weighted by Crippen LogP contribution is -2.19. The summed E-state index contributed by atoms with van der Waals surface area (Å²) in [5.74, 6) is 3.77. The summed E-state index contributed by atoms with van der Waals surface area (Å²) in [5, 5.41) is 0. The number of halogens is 2. The van der Waals surface area contributed by atoms with Gasteiger partial charge in [-0.1, -0.05) is 12.1 Å². The smallest absolute Gasteiger partial charge is 0.142 e. The molecule has 1 aromatic rings. The second-order valence-corrected chi connectivity index (χ2v) is 7.09. The average molecular weight is 310 g/mol. The molecule has 1 nitrogen and oxygen atoms in total. The Kier molecular flexibility index (Phi) is 2.41. The van der Waals surface area contributed by atoms with Gasteiger partial charge in [0.25, 0.3) is 0 Å². The molecule has 0 spiro atoms. The Morgan fingerprint density at radius 2 is 1.89 bits per heavy atom. The minimum absolute atomic E-state index is 0.110. The van der Waals surface area contributed by atoms with Crippen molar-refractivity contribution in [1.29, 1.82) is 0 Å². The van der Waals surface area contributed by atoms with Crippen LogP contribution in [0.2, 0.25) is 0 Å². The maximum Gasteiger partial charge on any atom is 0.142 e. The van der Waals surface area contributed by atoms with Gasteiger partial charge in [-0.3, -0.25) is 0 Å². The molecule has 0 aromatic heterocycles. The topological polar surface area (TPSA) is 26.0 Å². The fourth-order valence-corrected chi connectivity index (χ4v) is 5.24. The predicted molar refractivity (Wildman–Crippen MR) is 72.3 cm³/mol. The Labute approximate surface area is 115 Å². The zero-order valence-electron chi connectivity index (χ0n) is 10.2. The molecule has 3 aliphatic carbocycles. The molecule has 2 bridgehead atoms. The van der Waals surface area contributed by atoms with E-state index in [0.717, 1.165) is 23.7 Å². The first-order chi connectivity index (χ1) is 8.68. The van der Waals surface area contributed by atoms with Crippen molar-refractivity contribution < 1.29 is 4.39 Å². The highest BCUT2D eigenvalue weighted by atomic mass is 79.9. The van der Waals surface area contributed by atoms with Gasteiger partial charge in [0.15, 0.2) is 0 Å². The third-order valence-electron chi connectivity index (χ3n) is 5.55. The second kappa shape index (κ2) is 3.80. The van der Waals surface area contributed by atoms with Crippen molar-refractivity contribution in [2.24, 2.45) is 35.3 Å². The van der Waals surface area contributed by atoms with E-state index in [4.69, 9.17) is 5.73 Å². The molecule has 0 amide bonds. The van der Waals surface area contributed by atoms with Gasteiger partial charge < -0.3 is 5.73 Å². The summed E-state index contributed by atoms with van der Waals surface area (Å²) < 4.78 is 14.6. The summed E-state index contributed by atoms with van der Waals surface area (Å²) >= 11 is 3.25. The Balaban J connectivity index is 1.62. The van der Waals surface area contributed by atoms with E-state index in [1.54, 1.807) is 6.07 Å². The molecule has 3 aliphatic rings. The fourth-order valence-electron chi connectivity index (χ4n) is 4.86. The van der Waals surface area contributed by atoms with Crippen LogP contribution in [0.5, 0.6) is 0 Å². The van der Waals surface area contributed by atoms with Crippen molar-refractivity contribution in [1.82, 2.24) is 0 Å². The van der Waals surface area contributed by atoms with E-state index in [-0.39, 0.29) is 11.9 Å². The van der Waals surface area contributed by atoms with Crippen LogP contribution in [0.15, 0.2) is 22.7 Å². The number of hydrogen-bond acceptors (Lipinski definition) is 1. The molecule has 18 heavy (non-hydrogen) atoms. The quantitative estimate of drug-likeness (QED) is 0.881. The normalized spacial score (nSPS) is 41.8. The summed E-state index contributed by atoms with van der Waals surface area (Å²) in [7, 11) is 0. The van der Waals surface area contributed by atoms with Crippen LogP contribution in [-0.2, 0) is 0 Å². The Hall–Kier alpha value is -0.410. The van der Waals surface area contributed by atoms with Crippen molar-refractivity contribution in [3.63, 3.8) is 0 Å². The van der Waals surface area contributed by atoms with E-state index in [0.29, 0.717) is 16.0 Å². The van der Waals surface area contributed by atoms with Gasteiger partial charge in [-0.25, -0.2) is 4.39 Å². The first kappa shape index (κ1) is 11.4. The van der Waals surface area contributed by atoms with Gasteiger partial charge in [-0.2, -0.15) is 0 Å². The summed E-state index contributed by atoms with van der Waals surface area (Å²) in [6, 6.07) is 5.36. The molecule has 4 rings (SSSR count). The van der Waals surface area contributed by atoms with E-state index >= 15 is 0 Å². The number of benzene rings is 1. The van der Waals surface area contributed by atoms with Crippen LogP contribution in [0.1, 0.15) is 30.9 Å². The zero-order chi connectivity index (χ0) is 12.4. The molecule has 96 valence electrons.